The molecular weight excluding hydrogens is 361 g/mol. The molecular formula is C20H22FN5O2. The Morgan fingerprint density at radius 1 is 1.36 bits per heavy atom. The minimum atomic E-state index is -0.363. The molecule has 0 saturated heterocycles. The monoisotopic (exact) mass is 383 g/mol. The molecule has 28 heavy (non-hydrogen) atoms. The smallest absolute Gasteiger partial charge is 0.279 e. The van der Waals surface area contributed by atoms with Gasteiger partial charge in [0.2, 0.25) is 11.7 Å². The van der Waals surface area contributed by atoms with Crippen LogP contribution in [0.1, 0.15) is 31.5 Å². The number of halogens is 1. The van der Waals surface area contributed by atoms with Crippen molar-refractivity contribution < 1.29 is 13.7 Å². The van der Waals surface area contributed by atoms with Crippen molar-refractivity contribution in [2.24, 2.45) is 13.0 Å². The second kappa shape index (κ2) is 7.18. The van der Waals surface area contributed by atoms with E-state index in [1.165, 1.54) is 12.1 Å². The molecule has 3 heterocycles. The molecule has 1 aliphatic rings. The molecule has 146 valence electrons. The summed E-state index contributed by atoms with van der Waals surface area (Å²) in [5, 5.41) is 8.52. The molecule has 7 nitrogen and oxygen atoms in total. The van der Waals surface area contributed by atoms with Crippen molar-refractivity contribution in [2.75, 3.05) is 6.54 Å². The van der Waals surface area contributed by atoms with Gasteiger partial charge in [-0.1, -0.05) is 31.1 Å². The number of aromatic nitrogens is 4. The second-order valence-corrected chi connectivity index (χ2v) is 7.49. The first-order valence-electron chi connectivity index (χ1n) is 9.35. The average Bonchev–Trinajstić information content (AvgIpc) is 3.26. The molecule has 3 aromatic rings. The Morgan fingerprint density at radius 2 is 2.18 bits per heavy atom. The summed E-state index contributed by atoms with van der Waals surface area (Å²) in [6.45, 7) is 5.22. The standard InChI is InChI=1S/C20H22FN5O2/c1-12(2)9-17(27)26-8-7-16-15(11-26)18(23-25(16)3)20-22-19(24-28-20)13-5-4-6-14(21)10-13/h4-6,10,12H,7-9,11H2,1-3H3. The molecule has 8 heteroatoms. The zero-order valence-corrected chi connectivity index (χ0v) is 16.1. The van der Waals surface area contributed by atoms with Crippen LogP contribution in [-0.4, -0.2) is 37.3 Å². The SMILES string of the molecule is CC(C)CC(=O)N1CCc2c(c(-c3nc(-c4cccc(F)c4)no3)nn2C)C1. The molecule has 0 radical (unpaired) electrons. The summed E-state index contributed by atoms with van der Waals surface area (Å²) in [5.74, 6) is 0.665. The number of carbonyl (C=O) groups is 1. The maximum Gasteiger partial charge on any atom is 0.279 e. The normalized spacial score (nSPS) is 13.8. The average molecular weight is 383 g/mol. The molecule has 0 saturated carbocycles. The van der Waals surface area contributed by atoms with E-state index in [1.54, 1.807) is 16.8 Å². The van der Waals surface area contributed by atoms with Gasteiger partial charge in [0, 0.05) is 49.8 Å². The van der Waals surface area contributed by atoms with E-state index >= 15 is 0 Å². The van der Waals surface area contributed by atoms with Crippen LogP contribution < -0.4 is 0 Å². The Labute approximate surface area is 162 Å². The highest BCUT2D eigenvalue weighted by Gasteiger charge is 2.29. The Hall–Kier alpha value is -3.03. The van der Waals surface area contributed by atoms with Crippen molar-refractivity contribution in [3.05, 3.63) is 41.3 Å². The van der Waals surface area contributed by atoms with Gasteiger partial charge in [0.1, 0.15) is 5.82 Å². The van der Waals surface area contributed by atoms with Crippen LogP contribution in [0.3, 0.4) is 0 Å². The van der Waals surface area contributed by atoms with Crippen LogP contribution in [0.15, 0.2) is 28.8 Å². The van der Waals surface area contributed by atoms with Gasteiger partial charge in [-0.05, 0) is 18.1 Å². The van der Waals surface area contributed by atoms with E-state index in [0.29, 0.717) is 42.5 Å². The van der Waals surface area contributed by atoms with Crippen LogP contribution >= 0.6 is 0 Å². The fourth-order valence-corrected chi connectivity index (χ4v) is 3.52. The number of fused-ring (bicyclic) bond motifs is 1. The molecule has 0 atom stereocenters. The van der Waals surface area contributed by atoms with Gasteiger partial charge in [0.15, 0.2) is 5.69 Å². The first-order valence-corrected chi connectivity index (χ1v) is 9.35. The third kappa shape index (κ3) is 3.42. The lowest BCUT2D eigenvalue weighted by molar-refractivity contribution is -0.132. The lowest BCUT2D eigenvalue weighted by Gasteiger charge is -2.28. The van der Waals surface area contributed by atoms with Crippen molar-refractivity contribution in [1.29, 1.82) is 0 Å². The molecule has 0 bridgehead atoms. The molecule has 2 aromatic heterocycles. The Bertz CT molecular complexity index is 1020. The van der Waals surface area contributed by atoms with E-state index in [4.69, 9.17) is 4.52 Å². The molecule has 0 aliphatic carbocycles. The van der Waals surface area contributed by atoms with Crippen molar-refractivity contribution in [2.45, 2.75) is 33.2 Å². The third-order valence-electron chi connectivity index (χ3n) is 4.89. The van der Waals surface area contributed by atoms with Crippen molar-refractivity contribution in [1.82, 2.24) is 24.8 Å². The molecule has 1 amide bonds. The molecule has 0 fully saturated rings. The quantitative estimate of drug-likeness (QED) is 0.691. The predicted molar refractivity (Wildman–Crippen MR) is 100 cm³/mol. The number of aryl methyl sites for hydroxylation is 1. The van der Waals surface area contributed by atoms with Crippen LogP contribution in [0, 0.1) is 11.7 Å². The summed E-state index contributed by atoms with van der Waals surface area (Å²) < 4.78 is 20.7. The van der Waals surface area contributed by atoms with Crippen LogP contribution in [0.4, 0.5) is 4.39 Å². The fraction of sp³-hybridized carbons (Fsp3) is 0.400. The number of hydrogen-bond acceptors (Lipinski definition) is 5. The lowest BCUT2D eigenvalue weighted by atomic mass is 10.0. The van der Waals surface area contributed by atoms with Gasteiger partial charge in [-0.2, -0.15) is 10.1 Å². The highest BCUT2D eigenvalue weighted by atomic mass is 19.1. The van der Waals surface area contributed by atoms with Gasteiger partial charge < -0.3 is 9.42 Å². The van der Waals surface area contributed by atoms with Gasteiger partial charge in [-0.3, -0.25) is 9.48 Å². The summed E-state index contributed by atoms with van der Waals surface area (Å²) in [5.41, 5.74) is 3.11. The molecule has 0 unspecified atom stereocenters. The van der Waals surface area contributed by atoms with Gasteiger partial charge in [-0.15, -0.1) is 0 Å². The topological polar surface area (TPSA) is 77.1 Å². The predicted octanol–water partition coefficient (Wildman–Crippen LogP) is 3.21. The molecule has 0 N–H and O–H groups in total. The number of nitrogens with zero attached hydrogens (tertiary/aromatic N) is 5. The maximum absolute atomic E-state index is 13.5. The lowest BCUT2D eigenvalue weighted by Crippen LogP contribution is -2.36. The van der Waals surface area contributed by atoms with Crippen LogP contribution in [0.5, 0.6) is 0 Å². The van der Waals surface area contributed by atoms with Crippen molar-refractivity contribution >= 4 is 5.91 Å². The zero-order chi connectivity index (χ0) is 19.8. The first kappa shape index (κ1) is 18.3. The molecule has 4 rings (SSSR count). The van der Waals surface area contributed by atoms with Gasteiger partial charge in [-0.25, -0.2) is 4.39 Å². The number of benzene rings is 1. The molecule has 1 aromatic carbocycles. The minimum Gasteiger partial charge on any atom is -0.338 e. The minimum absolute atomic E-state index is 0.140. The summed E-state index contributed by atoms with van der Waals surface area (Å²) in [6, 6.07) is 6.04. The summed E-state index contributed by atoms with van der Waals surface area (Å²) >= 11 is 0. The van der Waals surface area contributed by atoms with E-state index in [9.17, 15) is 9.18 Å². The van der Waals surface area contributed by atoms with Crippen molar-refractivity contribution in [3.8, 4) is 23.0 Å². The number of carbonyl (C=O) groups excluding carboxylic acids is 1. The van der Waals surface area contributed by atoms with Gasteiger partial charge in [0.05, 0.1) is 0 Å². The number of rotatable bonds is 4. The van der Waals surface area contributed by atoms with E-state index < -0.39 is 0 Å². The van der Waals surface area contributed by atoms with E-state index in [1.807, 2.05) is 25.8 Å². The maximum atomic E-state index is 13.5. The van der Waals surface area contributed by atoms with Crippen LogP contribution in [0.25, 0.3) is 23.0 Å². The Morgan fingerprint density at radius 3 is 2.93 bits per heavy atom. The van der Waals surface area contributed by atoms with E-state index in [-0.39, 0.29) is 17.6 Å². The summed E-state index contributed by atoms with van der Waals surface area (Å²) in [7, 11) is 1.87. The second-order valence-electron chi connectivity index (χ2n) is 7.49. The largest absolute Gasteiger partial charge is 0.338 e. The van der Waals surface area contributed by atoms with Crippen LogP contribution in [0.2, 0.25) is 0 Å². The highest BCUT2D eigenvalue weighted by molar-refractivity contribution is 5.77. The van der Waals surface area contributed by atoms with Crippen molar-refractivity contribution in [3.63, 3.8) is 0 Å². The molecule has 1 aliphatic heterocycles. The van der Waals surface area contributed by atoms with Gasteiger partial charge >= 0.3 is 0 Å². The molecule has 0 spiro atoms. The summed E-state index contributed by atoms with van der Waals surface area (Å²) in [4.78, 5) is 18.8. The first-order chi connectivity index (χ1) is 13.4. The number of amides is 1. The third-order valence-corrected chi connectivity index (χ3v) is 4.89. The van der Waals surface area contributed by atoms with E-state index in [2.05, 4.69) is 15.2 Å². The highest BCUT2D eigenvalue weighted by Crippen LogP contribution is 2.30. The summed E-state index contributed by atoms with van der Waals surface area (Å²) in [6.07, 6.45) is 1.25. The van der Waals surface area contributed by atoms with E-state index in [0.717, 1.165) is 17.7 Å². The zero-order valence-electron chi connectivity index (χ0n) is 16.1. The number of hydrogen-bond donors (Lipinski definition) is 0. The Kier molecular flexibility index (Phi) is 4.70. The van der Waals surface area contributed by atoms with Crippen LogP contribution in [-0.2, 0) is 24.8 Å². The fourth-order valence-electron chi connectivity index (χ4n) is 3.52. The Balaban J connectivity index is 1.65. The van der Waals surface area contributed by atoms with Gasteiger partial charge in [0.25, 0.3) is 5.89 Å².